The largest absolute Gasteiger partial charge is 0.456 e. The molecule has 51 heavy (non-hydrogen) atoms. The molecule has 5 heterocycles. The van der Waals surface area contributed by atoms with Gasteiger partial charge < -0.3 is 9.15 Å². The lowest BCUT2D eigenvalue weighted by molar-refractivity contribution is 0.464. The average Bonchev–Trinajstić information content (AvgIpc) is 3.83. The number of hydrogen-bond acceptors (Lipinski definition) is 4. The van der Waals surface area contributed by atoms with Crippen molar-refractivity contribution < 1.29 is 9.15 Å². The molecule has 0 radical (unpaired) electrons. The van der Waals surface area contributed by atoms with Gasteiger partial charge in [0.25, 0.3) is 0 Å². The Bertz CT molecular complexity index is 2610. The third kappa shape index (κ3) is 5.11. The third-order valence-corrected chi connectivity index (χ3v) is 15.6. The van der Waals surface area contributed by atoms with E-state index in [1.54, 1.807) is 11.1 Å². The van der Waals surface area contributed by atoms with Gasteiger partial charge in [-0.25, -0.2) is 4.98 Å². The number of furan rings is 1. The van der Waals surface area contributed by atoms with Crippen LogP contribution >= 0.6 is 0 Å². The van der Waals surface area contributed by atoms with Crippen LogP contribution < -0.4 is 4.74 Å². The minimum absolute atomic E-state index is 0.520. The number of benzene rings is 5. The third-order valence-electron chi connectivity index (χ3n) is 11.1. The fraction of sp³-hybridized carbons (Fsp3) is 0.130. The Morgan fingerprint density at radius 1 is 0.627 bits per heavy atom. The van der Waals surface area contributed by atoms with E-state index in [9.17, 15) is 0 Å². The first-order valence-electron chi connectivity index (χ1n) is 17.8. The van der Waals surface area contributed by atoms with E-state index in [4.69, 9.17) is 19.1 Å². The highest BCUT2D eigenvalue weighted by atomic mass is 28.3. The van der Waals surface area contributed by atoms with E-state index in [0.717, 1.165) is 55.8 Å². The highest BCUT2D eigenvalue weighted by molar-refractivity contribution is 6.80. The Balaban J connectivity index is 1.03. The molecule has 10 rings (SSSR count). The van der Waals surface area contributed by atoms with Crippen molar-refractivity contribution in [3.8, 4) is 45.3 Å². The van der Waals surface area contributed by atoms with Gasteiger partial charge in [-0.15, -0.1) is 0 Å². The van der Waals surface area contributed by atoms with Crippen molar-refractivity contribution in [2.24, 2.45) is 0 Å². The molecule has 2 aliphatic rings. The van der Waals surface area contributed by atoms with Crippen LogP contribution in [-0.4, -0.2) is 18.0 Å². The molecule has 8 aromatic rings. The van der Waals surface area contributed by atoms with E-state index >= 15 is 0 Å². The Labute approximate surface area is 298 Å². The molecular formula is C46H36N2O2Si. The fourth-order valence-electron chi connectivity index (χ4n) is 8.89. The summed E-state index contributed by atoms with van der Waals surface area (Å²) < 4.78 is 13.3. The molecule has 5 heteroatoms. The number of hydrogen-bond donors (Lipinski definition) is 0. The van der Waals surface area contributed by atoms with Crippen molar-refractivity contribution in [3.05, 3.63) is 167 Å². The summed E-state index contributed by atoms with van der Waals surface area (Å²) in [7, 11) is -1.53. The number of aromatic nitrogens is 2. The van der Waals surface area contributed by atoms with Crippen LogP contribution in [0, 0.1) is 13.8 Å². The maximum Gasteiger partial charge on any atom is 0.219 e. The predicted octanol–water partition coefficient (Wildman–Crippen LogP) is 11.3. The highest BCUT2D eigenvalue weighted by Crippen LogP contribution is 2.45. The van der Waals surface area contributed by atoms with E-state index < -0.39 is 8.07 Å². The Hall–Kier alpha value is -5.78. The highest BCUT2D eigenvalue weighted by Gasteiger charge is 2.45. The van der Waals surface area contributed by atoms with Gasteiger partial charge in [0.2, 0.25) is 5.88 Å². The number of nitrogens with zero attached hydrogens (tertiary/aromatic N) is 2. The van der Waals surface area contributed by atoms with Crippen molar-refractivity contribution in [2.45, 2.75) is 38.0 Å². The van der Waals surface area contributed by atoms with Crippen molar-refractivity contribution in [1.29, 1.82) is 0 Å². The zero-order valence-electron chi connectivity index (χ0n) is 28.7. The number of pyridine rings is 2. The van der Waals surface area contributed by atoms with E-state index in [-0.39, 0.29) is 0 Å². The van der Waals surface area contributed by atoms with Crippen molar-refractivity contribution >= 4 is 30.0 Å². The molecule has 2 aliphatic heterocycles. The predicted molar refractivity (Wildman–Crippen MR) is 209 cm³/mol. The number of fused-ring (bicyclic) bond motifs is 6. The molecular weight excluding hydrogens is 641 g/mol. The summed E-state index contributed by atoms with van der Waals surface area (Å²) in [5, 5.41) is 2.14. The van der Waals surface area contributed by atoms with E-state index in [2.05, 4.69) is 111 Å². The molecule has 0 bridgehead atoms. The lowest BCUT2D eigenvalue weighted by Crippen LogP contribution is -2.38. The van der Waals surface area contributed by atoms with Crippen LogP contribution in [0.3, 0.4) is 0 Å². The van der Waals surface area contributed by atoms with Gasteiger partial charge in [0, 0.05) is 17.6 Å². The SMILES string of the molecule is Cc1cccc(C)c1-c1cc(Oc2cccc(-c3nccc4oc5c6c(ccc5c34)C[Si]3(Cc4ccccc4C3)C6)n2)cc(-c2ccccc2)c1. The summed E-state index contributed by atoms with van der Waals surface area (Å²) in [6, 6.07) is 49.9. The molecule has 3 aromatic heterocycles. The summed E-state index contributed by atoms with van der Waals surface area (Å²) in [5.41, 5.74) is 16.5. The topological polar surface area (TPSA) is 48.2 Å². The first-order valence-corrected chi connectivity index (χ1v) is 20.6. The van der Waals surface area contributed by atoms with Crippen molar-refractivity contribution in [2.75, 3.05) is 0 Å². The van der Waals surface area contributed by atoms with Crippen LogP contribution in [0.1, 0.15) is 33.4 Å². The zero-order valence-corrected chi connectivity index (χ0v) is 29.7. The number of rotatable bonds is 5. The van der Waals surface area contributed by atoms with Gasteiger partial charge in [-0.1, -0.05) is 91.0 Å². The first kappa shape index (κ1) is 30.1. The fourth-order valence-corrected chi connectivity index (χ4v) is 14.2. The minimum Gasteiger partial charge on any atom is -0.456 e. The molecule has 0 N–H and O–H groups in total. The summed E-state index contributed by atoms with van der Waals surface area (Å²) in [4.78, 5) is 9.95. The number of aryl methyl sites for hydroxylation is 2. The van der Waals surface area contributed by atoms with Gasteiger partial charge in [0.05, 0.1) is 19.2 Å². The van der Waals surface area contributed by atoms with Crippen LogP contribution in [0.5, 0.6) is 11.6 Å². The summed E-state index contributed by atoms with van der Waals surface area (Å²) in [6.07, 6.45) is 1.83. The summed E-state index contributed by atoms with van der Waals surface area (Å²) in [6.45, 7) is 4.33. The molecule has 0 amide bonds. The average molecular weight is 677 g/mol. The van der Waals surface area contributed by atoms with Gasteiger partial charge in [0.15, 0.2) is 0 Å². The van der Waals surface area contributed by atoms with Gasteiger partial charge in [-0.3, -0.25) is 4.98 Å². The van der Waals surface area contributed by atoms with Crippen molar-refractivity contribution in [1.82, 2.24) is 9.97 Å². The van der Waals surface area contributed by atoms with Gasteiger partial charge in [0.1, 0.15) is 22.6 Å². The first-order chi connectivity index (χ1) is 25.0. The molecule has 4 nitrogen and oxygen atoms in total. The second-order valence-electron chi connectivity index (χ2n) is 14.5. The standard InChI is InChI=1S/C46H36N2O2Si/c1-29-10-8-11-30(2)43(29)36-22-35(31-12-4-3-5-13-31)23-37(24-36)49-42-17-9-16-40(48-42)45-44-38-19-18-34-27-51(25-32-14-6-7-15-33(32)26-51)28-39(34)46(38)50-41(44)20-21-47-45/h3-24H,25-28H2,1-2H3. The maximum atomic E-state index is 6.72. The van der Waals surface area contributed by atoms with Crippen LogP contribution in [0.4, 0.5) is 0 Å². The smallest absolute Gasteiger partial charge is 0.219 e. The maximum absolute atomic E-state index is 6.72. The number of ether oxygens (including phenoxy) is 1. The summed E-state index contributed by atoms with van der Waals surface area (Å²) in [5.74, 6) is 1.26. The Morgan fingerprint density at radius 3 is 2.16 bits per heavy atom. The Morgan fingerprint density at radius 2 is 1.35 bits per heavy atom. The molecule has 0 saturated heterocycles. The molecule has 246 valence electrons. The van der Waals surface area contributed by atoms with Gasteiger partial charge >= 0.3 is 0 Å². The van der Waals surface area contributed by atoms with E-state index in [1.165, 1.54) is 52.0 Å². The molecule has 0 atom stereocenters. The molecule has 5 aromatic carbocycles. The molecule has 0 fully saturated rings. The lowest BCUT2D eigenvalue weighted by Gasteiger charge is -2.18. The van der Waals surface area contributed by atoms with Crippen molar-refractivity contribution in [3.63, 3.8) is 0 Å². The van der Waals surface area contributed by atoms with Crippen LogP contribution in [0.15, 0.2) is 138 Å². The molecule has 0 unspecified atom stereocenters. The Kier molecular flexibility index (Phi) is 6.87. The van der Waals surface area contributed by atoms with Crippen LogP contribution in [0.25, 0.3) is 55.6 Å². The van der Waals surface area contributed by atoms with E-state index in [1.807, 2.05) is 36.5 Å². The second kappa shape index (κ2) is 11.6. The van der Waals surface area contributed by atoms with Crippen LogP contribution in [-0.2, 0) is 24.2 Å². The molecule has 0 aliphatic carbocycles. The normalized spacial score (nSPS) is 14.3. The quantitative estimate of drug-likeness (QED) is 0.170. The lowest BCUT2D eigenvalue weighted by atomic mass is 9.93. The minimum atomic E-state index is -1.53. The molecule has 1 spiro atoms. The monoisotopic (exact) mass is 676 g/mol. The van der Waals surface area contributed by atoms with E-state index in [0.29, 0.717) is 5.88 Å². The van der Waals surface area contributed by atoms with Crippen LogP contribution in [0.2, 0.25) is 0 Å². The molecule has 0 saturated carbocycles. The summed E-state index contributed by atoms with van der Waals surface area (Å²) >= 11 is 0. The zero-order chi connectivity index (χ0) is 34.1. The second-order valence-corrected chi connectivity index (χ2v) is 18.9. The van der Waals surface area contributed by atoms with Gasteiger partial charge in [-0.2, -0.15) is 0 Å². The van der Waals surface area contributed by atoms with Gasteiger partial charge in [-0.05, 0) is 124 Å².